The average molecular weight is 285 g/mol. The van der Waals surface area contributed by atoms with E-state index in [-0.39, 0.29) is 4.31 Å². The van der Waals surface area contributed by atoms with E-state index in [0.29, 0.717) is 0 Å². The largest absolute Gasteiger partial charge is 0.511 e. The van der Waals surface area contributed by atoms with E-state index in [0.717, 1.165) is 6.92 Å². The maximum atomic E-state index is 12.1. The summed E-state index contributed by atoms with van der Waals surface area (Å²) < 4.78 is 68.3. The second kappa shape index (κ2) is 5.01. The topological polar surface area (TPSA) is 94.9 Å². The highest BCUT2D eigenvalue weighted by molar-refractivity contribution is 7.90. The van der Waals surface area contributed by atoms with Gasteiger partial charge in [-0.1, -0.05) is 6.92 Å². The normalized spacial score (nSPS) is 14.4. The molecule has 11 heteroatoms. The maximum absolute atomic E-state index is 12.1. The lowest BCUT2D eigenvalue weighted by molar-refractivity contribution is -0.0486. The third-order valence-electron chi connectivity index (χ3n) is 1.63. The molecule has 0 aliphatic heterocycles. The van der Waals surface area contributed by atoms with Crippen molar-refractivity contribution in [3.8, 4) is 0 Å². The third kappa shape index (κ3) is 4.38. The lowest BCUT2D eigenvalue weighted by atomic mass is 10.7. The molecular formula is C5H11F3NO5PS. The predicted molar refractivity (Wildman–Crippen MR) is 49.1 cm³/mol. The van der Waals surface area contributed by atoms with E-state index < -0.39 is 42.4 Å². The standard InChI is InChI=1S/C5H11F3NO5PS/c1-2-9(3-4-15(10,11)12)16(13,14)5(6,7)8/h2-4H2,1H3,(H2,10,11,12). The molecule has 0 saturated heterocycles. The van der Waals surface area contributed by atoms with Gasteiger partial charge < -0.3 is 9.79 Å². The first kappa shape index (κ1) is 15.9. The lowest BCUT2D eigenvalue weighted by Crippen LogP contribution is -2.41. The molecule has 2 N–H and O–H groups in total. The summed E-state index contributed by atoms with van der Waals surface area (Å²) in [6.07, 6.45) is -0.948. The van der Waals surface area contributed by atoms with Crippen LogP contribution in [0.1, 0.15) is 6.92 Å². The molecule has 0 atom stereocenters. The molecule has 0 amide bonds. The Morgan fingerprint density at radius 1 is 1.31 bits per heavy atom. The van der Waals surface area contributed by atoms with Crippen molar-refractivity contribution in [2.75, 3.05) is 19.3 Å². The van der Waals surface area contributed by atoms with Gasteiger partial charge in [0.1, 0.15) is 0 Å². The van der Waals surface area contributed by atoms with Crippen LogP contribution in [0.15, 0.2) is 0 Å². The van der Waals surface area contributed by atoms with Crippen LogP contribution < -0.4 is 0 Å². The molecule has 16 heavy (non-hydrogen) atoms. The van der Waals surface area contributed by atoms with E-state index in [1.165, 1.54) is 0 Å². The van der Waals surface area contributed by atoms with E-state index >= 15 is 0 Å². The van der Waals surface area contributed by atoms with Crippen molar-refractivity contribution in [2.24, 2.45) is 0 Å². The number of nitrogens with zero attached hydrogens (tertiary/aromatic N) is 1. The number of rotatable bonds is 5. The smallest absolute Gasteiger partial charge is 0.324 e. The van der Waals surface area contributed by atoms with Crippen LogP contribution in [0, 0.1) is 0 Å². The highest BCUT2D eigenvalue weighted by Gasteiger charge is 2.49. The van der Waals surface area contributed by atoms with Gasteiger partial charge >= 0.3 is 23.1 Å². The van der Waals surface area contributed by atoms with Gasteiger partial charge in [-0.3, -0.25) is 4.57 Å². The molecule has 0 aromatic rings. The van der Waals surface area contributed by atoms with Crippen LogP contribution in [0.3, 0.4) is 0 Å². The van der Waals surface area contributed by atoms with Crippen molar-refractivity contribution in [3.05, 3.63) is 0 Å². The molecule has 0 heterocycles. The third-order valence-corrected chi connectivity index (χ3v) is 4.11. The summed E-state index contributed by atoms with van der Waals surface area (Å²) in [5.41, 5.74) is -5.46. The first-order valence-electron chi connectivity index (χ1n) is 4.03. The number of alkyl halides is 3. The van der Waals surface area contributed by atoms with Gasteiger partial charge in [0.05, 0.1) is 6.16 Å². The van der Waals surface area contributed by atoms with Crippen LogP contribution in [-0.4, -0.2) is 47.3 Å². The van der Waals surface area contributed by atoms with Gasteiger partial charge in [-0.25, -0.2) is 8.42 Å². The van der Waals surface area contributed by atoms with Crippen LogP contribution in [0.2, 0.25) is 0 Å². The van der Waals surface area contributed by atoms with E-state index in [9.17, 15) is 26.2 Å². The van der Waals surface area contributed by atoms with E-state index in [2.05, 4.69) is 0 Å². The quantitative estimate of drug-likeness (QED) is 0.710. The summed E-state index contributed by atoms with van der Waals surface area (Å²) in [4.78, 5) is 16.9. The number of hydrogen-bond acceptors (Lipinski definition) is 3. The van der Waals surface area contributed by atoms with Crippen LogP contribution >= 0.6 is 7.60 Å². The Hall–Kier alpha value is -0.150. The van der Waals surface area contributed by atoms with Gasteiger partial charge in [0.15, 0.2) is 0 Å². The molecule has 0 aliphatic rings. The second-order valence-corrected chi connectivity index (χ2v) is 6.54. The van der Waals surface area contributed by atoms with Gasteiger partial charge in [0.25, 0.3) is 0 Å². The SMILES string of the molecule is CCN(CCP(=O)(O)O)S(=O)(=O)C(F)(F)F. The summed E-state index contributed by atoms with van der Waals surface area (Å²) in [6.45, 7) is -0.243. The van der Waals surface area contributed by atoms with Crippen LogP contribution in [0.4, 0.5) is 13.2 Å². The highest BCUT2D eigenvalue weighted by Crippen LogP contribution is 2.35. The minimum Gasteiger partial charge on any atom is -0.324 e. The van der Waals surface area contributed by atoms with Crippen molar-refractivity contribution in [1.82, 2.24) is 4.31 Å². The summed E-state index contributed by atoms with van der Waals surface area (Å²) in [7, 11) is -10.0. The Kier molecular flexibility index (Phi) is 4.96. The Labute approximate surface area is 90.3 Å². The molecule has 0 bridgehead atoms. The molecule has 0 saturated carbocycles. The zero-order valence-corrected chi connectivity index (χ0v) is 9.89. The van der Waals surface area contributed by atoms with Gasteiger partial charge in [-0.15, -0.1) is 0 Å². The molecule has 0 radical (unpaired) electrons. The fourth-order valence-corrected chi connectivity index (χ4v) is 2.44. The molecule has 0 spiro atoms. The van der Waals surface area contributed by atoms with Gasteiger partial charge in [0, 0.05) is 13.1 Å². The van der Waals surface area contributed by atoms with Crippen molar-refractivity contribution < 1.29 is 35.9 Å². The molecule has 0 aliphatic carbocycles. The number of sulfonamides is 1. The molecule has 0 aromatic carbocycles. The summed E-state index contributed by atoms with van der Waals surface area (Å²) in [6, 6.07) is 0. The molecule has 98 valence electrons. The van der Waals surface area contributed by atoms with Crippen LogP contribution in [0.5, 0.6) is 0 Å². The van der Waals surface area contributed by atoms with Crippen LogP contribution in [0.25, 0.3) is 0 Å². The average Bonchev–Trinajstić information content (AvgIpc) is 2.00. The van der Waals surface area contributed by atoms with Crippen molar-refractivity contribution in [1.29, 1.82) is 0 Å². The van der Waals surface area contributed by atoms with E-state index in [4.69, 9.17) is 9.79 Å². The lowest BCUT2D eigenvalue weighted by Gasteiger charge is -2.21. The monoisotopic (exact) mass is 285 g/mol. The first-order chi connectivity index (χ1) is 6.92. The molecule has 6 nitrogen and oxygen atoms in total. The number of hydrogen-bond donors (Lipinski definition) is 2. The molecular weight excluding hydrogens is 274 g/mol. The van der Waals surface area contributed by atoms with E-state index in [1.807, 2.05) is 0 Å². The second-order valence-electron chi connectivity index (χ2n) is 2.83. The fraction of sp³-hybridized carbons (Fsp3) is 1.00. The van der Waals surface area contributed by atoms with Crippen molar-refractivity contribution in [2.45, 2.75) is 12.4 Å². The molecule has 0 fully saturated rings. The summed E-state index contributed by atoms with van der Waals surface area (Å²) in [5, 5.41) is 0. The zero-order chi connectivity index (χ0) is 13.2. The summed E-state index contributed by atoms with van der Waals surface area (Å²) >= 11 is 0. The van der Waals surface area contributed by atoms with Gasteiger partial charge in [-0.05, 0) is 0 Å². The highest BCUT2D eigenvalue weighted by atomic mass is 32.2. The Morgan fingerprint density at radius 3 is 2.00 bits per heavy atom. The maximum Gasteiger partial charge on any atom is 0.511 e. The minimum absolute atomic E-state index is 0.0217. The Bertz CT molecular complexity index is 374. The van der Waals surface area contributed by atoms with E-state index in [1.54, 1.807) is 0 Å². The fourth-order valence-electron chi connectivity index (χ4n) is 0.836. The molecule has 0 unspecified atom stereocenters. The minimum atomic E-state index is -5.52. The van der Waals surface area contributed by atoms with Crippen molar-refractivity contribution >= 4 is 17.6 Å². The Balaban J connectivity index is 4.84. The van der Waals surface area contributed by atoms with Crippen LogP contribution in [-0.2, 0) is 14.6 Å². The first-order valence-corrected chi connectivity index (χ1v) is 7.26. The number of halogens is 3. The predicted octanol–water partition coefficient (Wildman–Crippen LogP) is 0.336. The zero-order valence-electron chi connectivity index (χ0n) is 8.18. The van der Waals surface area contributed by atoms with Gasteiger partial charge in [0.2, 0.25) is 0 Å². The van der Waals surface area contributed by atoms with Crippen molar-refractivity contribution in [3.63, 3.8) is 0 Å². The van der Waals surface area contributed by atoms with Gasteiger partial charge in [-0.2, -0.15) is 17.5 Å². The molecule has 0 rings (SSSR count). The Morgan fingerprint density at radius 2 is 1.75 bits per heavy atom. The molecule has 0 aromatic heterocycles. The summed E-state index contributed by atoms with van der Waals surface area (Å²) in [5.74, 6) is 0.